The Morgan fingerprint density at radius 1 is 1.00 bits per heavy atom. The molecule has 0 amide bonds. The number of ether oxygens (including phenoxy) is 1. The topological polar surface area (TPSA) is 55.8 Å². The quantitative estimate of drug-likeness (QED) is 0.148. The van der Waals surface area contributed by atoms with E-state index in [-0.39, 0.29) is 12.7 Å². The molecule has 0 heterocycles. The number of rotatable bonds is 20. The second-order valence-electron chi connectivity index (χ2n) is 8.05. The van der Waals surface area contributed by atoms with E-state index < -0.39 is 8.25 Å². The molecule has 7 heteroatoms. The van der Waals surface area contributed by atoms with Crippen LogP contribution in [0.2, 0.25) is 5.02 Å². The average molecular weight is 492 g/mol. The predicted octanol–water partition coefficient (Wildman–Crippen LogP) is 7.98. The monoisotopic (exact) mass is 491 g/mol. The molecule has 0 saturated carbocycles. The standard InChI is InChI=1S/C24H40ClO4PS/c1-3-4-5-6-9-13-24(21(2)28-18-11-19-29-30(26)27)31-20-10-7-8-12-22-14-16-23(25)17-15-22/h14-17,21,24H,3-13,18-20H2,1-2H3/p+1/t21-,24+/m1/s1. The van der Waals surface area contributed by atoms with Crippen molar-refractivity contribution < 1.29 is 18.7 Å². The molecule has 1 unspecified atom stereocenters. The molecule has 0 aliphatic rings. The minimum Gasteiger partial charge on any atom is -0.377 e. The van der Waals surface area contributed by atoms with Crippen LogP contribution in [0.4, 0.5) is 0 Å². The van der Waals surface area contributed by atoms with Gasteiger partial charge in [-0.15, -0.1) is 9.42 Å². The zero-order chi connectivity index (χ0) is 22.7. The van der Waals surface area contributed by atoms with Crippen LogP contribution in [0.3, 0.4) is 0 Å². The molecule has 0 fully saturated rings. The first kappa shape index (κ1) is 28.9. The van der Waals surface area contributed by atoms with Crippen LogP contribution in [0.5, 0.6) is 0 Å². The number of hydrogen-bond acceptors (Lipinski definition) is 4. The molecule has 0 bridgehead atoms. The summed E-state index contributed by atoms with van der Waals surface area (Å²) in [6.45, 7) is 5.25. The van der Waals surface area contributed by atoms with E-state index in [9.17, 15) is 4.57 Å². The molecule has 3 atom stereocenters. The van der Waals surface area contributed by atoms with Gasteiger partial charge in [0.15, 0.2) is 0 Å². The third-order valence-electron chi connectivity index (χ3n) is 5.34. The minimum absolute atomic E-state index is 0.188. The summed E-state index contributed by atoms with van der Waals surface area (Å²) in [6, 6.07) is 8.17. The third kappa shape index (κ3) is 16.2. The van der Waals surface area contributed by atoms with E-state index in [1.54, 1.807) is 0 Å². The van der Waals surface area contributed by atoms with Crippen LogP contribution in [0.15, 0.2) is 24.3 Å². The van der Waals surface area contributed by atoms with Gasteiger partial charge in [-0.1, -0.05) is 69.2 Å². The van der Waals surface area contributed by atoms with Crippen LogP contribution < -0.4 is 0 Å². The Bertz CT molecular complexity index is 573. The zero-order valence-corrected chi connectivity index (χ0v) is 21.7. The lowest BCUT2D eigenvalue weighted by molar-refractivity contribution is 0.0543. The van der Waals surface area contributed by atoms with Gasteiger partial charge in [0.1, 0.15) is 6.61 Å². The minimum atomic E-state index is -2.50. The van der Waals surface area contributed by atoms with Crippen molar-refractivity contribution in [3.05, 3.63) is 34.9 Å². The van der Waals surface area contributed by atoms with Crippen LogP contribution in [0.1, 0.15) is 83.6 Å². The van der Waals surface area contributed by atoms with Gasteiger partial charge in [-0.3, -0.25) is 0 Å². The number of aryl methyl sites for hydroxylation is 1. The van der Waals surface area contributed by atoms with Crippen LogP contribution >= 0.6 is 31.6 Å². The van der Waals surface area contributed by atoms with E-state index in [2.05, 4.69) is 26.0 Å². The van der Waals surface area contributed by atoms with Gasteiger partial charge in [-0.25, -0.2) is 0 Å². The van der Waals surface area contributed by atoms with Crippen LogP contribution in [0, 0.1) is 0 Å². The van der Waals surface area contributed by atoms with Gasteiger partial charge in [0.25, 0.3) is 0 Å². The molecule has 0 aliphatic carbocycles. The molecule has 4 nitrogen and oxygen atoms in total. The molecule has 0 spiro atoms. The maximum atomic E-state index is 10.6. The Balaban J connectivity index is 2.26. The van der Waals surface area contributed by atoms with E-state index >= 15 is 0 Å². The van der Waals surface area contributed by atoms with Crippen molar-refractivity contribution in [1.29, 1.82) is 0 Å². The van der Waals surface area contributed by atoms with Crippen LogP contribution in [-0.2, 0) is 20.2 Å². The first-order valence-electron chi connectivity index (χ1n) is 11.8. The number of halogens is 1. The van der Waals surface area contributed by atoms with E-state index in [4.69, 9.17) is 25.8 Å². The second-order valence-corrected chi connectivity index (χ2v) is 10.6. The van der Waals surface area contributed by atoms with Gasteiger partial charge in [0, 0.05) is 21.4 Å². The normalized spacial score (nSPS) is 13.9. The fourth-order valence-corrected chi connectivity index (χ4v) is 5.24. The Kier molecular flexibility index (Phi) is 18.0. The maximum absolute atomic E-state index is 10.6. The molecule has 31 heavy (non-hydrogen) atoms. The fraction of sp³-hybridized carbons (Fsp3) is 0.750. The largest absolute Gasteiger partial charge is 0.694 e. The molecule has 0 radical (unpaired) electrons. The van der Waals surface area contributed by atoms with Gasteiger partial charge in [0.05, 0.1) is 6.10 Å². The van der Waals surface area contributed by atoms with Crippen molar-refractivity contribution in [1.82, 2.24) is 0 Å². The van der Waals surface area contributed by atoms with Crippen molar-refractivity contribution >= 4 is 31.6 Å². The van der Waals surface area contributed by atoms with Crippen molar-refractivity contribution in [2.24, 2.45) is 0 Å². The number of benzene rings is 1. The molecule has 0 aliphatic heterocycles. The smallest absolute Gasteiger partial charge is 0.377 e. The van der Waals surface area contributed by atoms with Gasteiger partial charge in [-0.05, 0) is 62.5 Å². The summed E-state index contributed by atoms with van der Waals surface area (Å²) in [6.07, 6.45) is 13.3. The lowest BCUT2D eigenvalue weighted by atomic mass is 10.1. The van der Waals surface area contributed by atoms with Crippen molar-refractivity contribution in [3.8, 4) is 0 Å². The van der Waals surface area contributed by atoms with Gasteiger partial charge < -0.3 is 4.74 Å². The molecule has 1 N–H and O–H groups in total. The molecule has 1 aromatic carbocycles. The van der Waals surface area contributed by atoms with Crippen molar-refractivity contribution in [3.63, 3.8) is 0 Å². The third-order valence-corrected chi connectivity index (χ3v) is 7.57. The molecule has 1 rings (SSSR count). The maximum Gasteiger partial charge on any atom is 0.694 e. The van der Waals surface area contributed by atoms with E-state index in [1.807, 2.05) is 23.9 Å². The van der Waals surface area contributed by atoms with Crippen LogP contribution in [-0.4, -0.2) is 35.2 Å². The summed E-state index contributed by atoms with van der Waals surface area (Å²) in [4.78, 5) is 8.68. The highest BCUT2D eigenvalue weighted by Gasteiger charge is 2.18. The molecule has 178 valence electrons. The first-order chi connectivity index (χ1) is 15.0. The molecular weight excluding hydrogens is 451 g/mol. The lowest BCUT2D eigenvalue weighted by Gasteiger charge is -2.24. The summed E-state index contributed by atoms with van der Waals surface area (Å²) in [5, 5.41) is 1.31. The number of thioether (sulfide) groups is 1. The Labute approximate surface area is 199 Å². The Morgan fingerprint density at radius 3 is 2.42 bits per heavy atom. The molecule has 0 aromatic heterocycles. The summed E-state index contributed by atoms with van der Waals surface area (Å²) in [7, 11) is -2.50. The average Bonchev–Trinajstić information content (AvgIpc) is 2.75. The summed E-state index contributed by atoms with van der Waals surface area (Å²) in [5.74, 6) is 1.17. The second kappa shape index (κ2) is 19.3. The summed E-state index contributed by atoms with van der Waals surface area (Å²) in [5.41, 5.74) is 1.36. The molecular formula is C24H41ClO4PS+. The van der Waals surface area contributed by atoms with E-state index in [0.717, 1.165) is 11.4 Å². The number of unbranched alkanes of at least 4 members (excludes halogenated alkanes) is 6. The van der Waals surface area contributed by atoms with E-state index in [0.29, 0.717) is 18.3 Å². The van der Waals surface area contributed by atoms with Gasteiger partial charge >= 0.3 is 8.25 Å². The van der Waals surface area contributed by atoms with Crippen molar-refractivity contribution in [2.45, 2.75) is 95.8 Å². The Morgan fingerprint density at radius 2 is 1.71 bits per heavy atom. The highest BCUT2D eigenvalue weighted by molar-refractivity contribution is 7.99. The predicted molar refractivity (Wildman–Crippen MR) is 134 cm³/mol. The van der Waals surface area contributed by atoms with Crippen molar-refractivity contribution in [2.75, 3.05) is 19.0 Å². The Hall–Kier alpha value is -0.160. The molecule has 0 saturated heterocycles. The zero-order valence-electron chi connectivity index (χ0n) is 19.3. The highest BCUT2D eigenvalue weighted by atomic mass is 35.5. The van der Waals surface area contributed by atoms with Gasteiger partial charge in [-0.2, -0.15) is 11.8 Å². The van der Waals surface area contributed by atoms with E-state index in [1.165, 1.54) is 69.1 Å². The molecule has 1 aromatic rings. The number of hydrogen-bond donors (Lipinski definition) is 1. The SMILES string of the molecule is CCCCCCC[C@H](SCCCCCc1ccc(Cl)cc1)[C@@H](C)OCCCO[P+](=O)O. The first-order valence-corrected chi connectivity index (χ1v) is 14.3. The fourth-order valence-electron chi connectivity index (χ4n) is 3.47. The van der Waals surface area contributed by atoms with Gasteiger partial charge in [0.2, 0.25) is 0 Å². The summed E-state index contributed by atoms with van der Waals surface area (Å²) < 4.78 is 21.3. The lowest BCUT2D eigenvalue weighted by Crippen LogP contribution is -2.24. The van der Waals surface area contributed by atoms with Crippen LogP contribution in [0.25, 0.3) is 0 Å². The highest BCUT2D eigenvalue weighted by Crippen LogP contribution is 2.25. The summed E-state index contributed by atoms with van der Waals surface area (Å²) >= 11 is 8.00.